The molecule has 0 heterocycles. The van der Waals surface area contributed by atoms with Gasteiger partial charge < -0.3 is 9.57 Å². The Hall–Kier alpha value is -4.09. The van der Waals surface area contributed by atoms with Gasteiger partial charge in [-0.25, -0.2) is 4.79 Å². The standard InChI is InChI=1S/C30H28F3NO4/c1-2-3-4-19-37-28-17-13-24(14-18-28)6-5-23-7-9-25(10-8-23)20-34(38-29(36)22-35)21-26-11-15-27(16-12-26)30(31,32)33/h7-18,22H,2-4,19-21H2,1H3. The molecule has 3 rings (SSSR count). The van der Waals surface area contributed by atoms with Gasteiger partial charge in [-0.1, -0.05) is 55.9 Å². The molecule has 0 aromatic heterocycles. The summed E-state index contributed by atoms with van der Waals surface area (Å²) >= 11 is 0. The first-order valence-electron chi connectivity index (χ1n) is 12.2. The first-order chi connectivity index (χ1) is 18.3. The highest BCUT2D eigenvalue weighted by atomic mass is 19.4. The average Bonchev–Trinajstić information content (AvgIpc) is 2.91. The maximum absolute atomic E-state index is 12.8. The second kappa shape index (κ2) is 14.0. The van der Waals surface area contributed by atoms with Crippen LogP contribution in [0.15, 0.2) is 72.8 Å². The van der Waals surface area contributed by atoms with Crippen LogP contribution in [-0.2, 0) is 33.7 Å². The fourth-order valence-corrected chi connectivity index (χ4v) is 3.49. The van der Waals surface area contributed by atoms with Gasteiger partial charge in [-0.15, -0.1) is 5.06 Å². The lowest BCUT2D eigenvalue weighted by Gasteiger charge is -2.20. The second-order valence-electron chi connectivity index (χ2n) is 8.55. The molecule has 0 N–H and O–H groups in total. The smallest absolute Gasteiger partial charge is 0.416 e. The molecule has 0 atom stereocenters. The predicted octanol–water partition coefficient (Wildman–Crippen LogP) is 6.33. The van der Waals surface area contributed by atoms with Crippen molar-refractivity contribution in [2.24, 2.45) is 0 Å². The summed E-state index contributed by atoms with van der Waals surface area (Å²) in [7, 11) is 0. The number of benzene rings is 3. The van der Waals surface area contributed by atoms with Crippen LogP contribution < -0.4 is 4.74 Å². The van der Waals surface area contributed by atoms with E-state index in [9.17, 15) is 22.8 Å². The van der Waals surface area contributed by atoms with Gasteiger partial charge in [0.15, 0.2) is 0 Å². The highest BCUT2D eigenvalue weighted by Crippen LogP contribution is 2.29. The molecule has 0 saturated heterocycles. The third-order valence-corrected chi connectivity index (χ3v) is 5.49. The summed E-state index contributed by atoms with van der Waals surface area (Å²) in [5.41, 5.74) is 2.08. The van der Waals surface area contributed by atoms with Gasteiger partial charge in [0.05, 0.1) is 25.3 Å². The monoisotopic (exact) mass is 523 g/mol. The highest BCUT2D eigenvalue weighted by Gasteiger charge is 2.30. The molecule has 0 spiro atoms. The molecule has 0 aliphatic heterocycles. The van der Waals surface area contributed by atoms with Crippen LogP contribution in [0.5, 0.6) is 5.75 Å². The number of carbonyl (C=O) groups excluding carboxylic acids is 2. The molecule has 0 fully saturated rings. The minimum Gasteiger partial charge on any atom is -0.494 e. The molecule has 3 aromatic rings. The average molecular weight is 524 g/mol. The largest absolute Gasteiger partial charge is 0.494 e. The predicted molar refractivity (Wildman–Crippen MR) is 137 cm³/mol. The van der Waals surface area contributed by atoms with Crippen LogP contribution in [0, 0.1) is 11.8 Å². The SMILES string of the molecule is CCCCCOc1ccc(C#Cc2ccc(CN(Cc3ccc(C(F)(F)F)cc3)OC(=O)C=O)cc2)cc1. The van der Waals surface area contributed by atoms with Gasteiger partial charge >= 0.3 is 12.1 Å². The van der Waals surface area contributed by atoms with Crippen LogP contribution in [0.1, 0.15) is 54.0 Å². The molecular formula is C30H28F3NO4. The zero-order valence-electron chi connectivity index (χ0n) is 21.0. The fourth-order valence-electron chi connectivity index (χ4n) is 3.49. The van der Waals surface area contributed by atoms with Crippen molar-refractivity contribution in [2.75, 3.05) is 6.61 Å². The summed E-state index contributed by atoms with van der Waals surface area (Å²) < 4.78 is 44.2. The van der Waals surface area contributed by atoms with E-state index in [1.54, 1.807) is 12.1 Å². The Kier molecular flexibility index (Phi) is 10.5. The molecule has 5 nitrogen and oxygen atoms in total. The number of hydrogen-bond acceptors (Lipinski definition) is 5. The van der Waals surface area contributed by atoms with Gasteiger partial charge in [-0.3, -0.25) is 4.79 Å². The fraction of sp³-hybridized carbons (Fsp3) is 0.267. The first kappa shape index (κ1) is 28.5. The molecule has 0 bridgehead atoms. The summed E-state index contributed by atoms with van der Waals surface area (Å²) in [5.74, 6) is 5.91. The van der Waals surface area contributed by atoms with Gasteiger partial charge in [0.2, 0.25) is 6.29 Å². The number of rotatable bonds is 11. The Morgan fingerprint density at radius 1 is 0.842 bits per heavy atom. The zero-order valence-corrected chi connectivity index (χ0v) is 21.0. The number of hydroxylamine groups is 2. The van der Waals surface area contributed by atoms with E-state index in [1.165, 1.54) is 17.2 Å². The Balaban J connectivity index is 1.61. The number of ether oxygens (including phenoxy) is 1. The Labute approximate surface area is 220 Å². The van der Waals surface area contributed by atoms with E-state index in [-0.39, 0.29) is 19.4 Å². The van der Waals surface area contributed by atoms with Crippen LogP contribution in [-0.4, -0.2) is 23.9 Å². The van der Waals surface area contributed by atoms with Crippen molar-refractivity contribution < 1.29 is 32.3 Å². The summed E-state index contributed by atoms with van der Waals surface area (Å²) in [6.45, 7) is 2.96. The minimum atomic E-state index is -4.45. The summed E-state index contributed by atoms with van der Waals surface area (Å²) in [6, 6.07) is 19.3. The summed E-state index contributed by atoms with van der Waals surface area (Å²) in [5, 5.41) is 1.21. The van der Waals surface area contributed by atoms with Gasteiger partial charge in [-0.2, -0.15) is 13.2 Å². The molecule has 0 saturated carbocycles. The van der Waals surface area contributed by atoms with Crippen LogP contribution in [0.25, 0.3) is 0 Å². The van der Waals surface area contributed by atoms with Crippen molar-refractivity contribution in [3.63, 3.8) is 0 Å². The molecule has 198 valence electrons. The lowest BCUT2D eigenvalue weighted by Crippen LogP contribution is -2.27. The highest BCUT2D eigenvalue weighted by molar-refractivity contribution is 6.20. The number of nitrogens with zero attached hydrogens (tertiary/aromatic N) is 1. The molecule has 0 amide bonds. The van der Waals surface area contributed by atoms with Crippen LogP contribution in [0.4, 0.5) is 13.2 Å². The molecule has 0 aliphatic carbocycles. The lowest BCUT2D eigenvalue weighted by molar-refractivity contribution is -0.195. The van der Waals surface area contributed by atoms with Crippen LogP contribution >= 0.6 is 0 Å². The lowest BCUT2D eigenvalue weighted by atomic mass is 10.1. The van der Waals surface area contributed by atoms with Crippen molar-refractivity contribution in [1.29, 1.82) is 0 Å². The van der Waals surface area contributed by atoms with E-state index in [1.807, 2.05) is 36.4 Å². The molecule has 8 heteroatoms. The zero-order chi connectivity index (χ0) is 27.4. The number of alkyl halides is 3. The van der Waals surface area contributed by atoms with Crippen LogP contribution in [0.2, 0.25) is 0 Å². The van der Waals surface area contributed by atoms with E-state index >= 15 is 0 Å². The van der Waals surface area contributed by atoms with E-state index in [2.05, 4.69) is 18.8 Å². The number of aldehydes is 1. The molecule has 0 radical (unpaired) electrons. The van der Waals surface area contributed by atoms with Gasteiger partial charge in [0, 0.05) is 11.1 Å². The minimum absolute atomic E-state index is 0.00239. The molecule has 0 aliphatic rings. The van der Waals surface area contributed by atoms with Crippen molar-refractivity contribution in [1.82, 2.24) is 5.06 Å². The topological polar surface area (TPSA) is 55.8 Å². The Morgan fingerprint density at radius 2 is 1.37 bits per heavy atom. The van der Waals surface area contributed by atoms with Crippen molar-refractivity contribution in [3.05, 3.63) is 101 Å². The van der Waals surface area contributed by atoms with E-state index in [4.69, 9.17) is 9.57 Å². The normalized spacial score (nSPS) is 11.0. The number of hydrogen-bond donors (Lipinski definition) is 0. The summed E-state index contributed by atoms with van der Waals surface area (Å²) in [6.07, 6.45) is -1.10. The number of unbranched alkanes of at least 4 members (excludes halogenated alkanes) is 2. The van der Waals surface area contributed by atoms with Crippen molar-refractivity contribution in [3.8, 4) is 17.6 Å². The third-order valence-electron chi connectivity index (χ3n) is 5.49. The molecule has 3 aromatic carbocycles. The van der Waals surface area contributed by atoms with Crippen LogP contribution in [0.3, 0.4) is 0 Å². The van der Waals surface area contributed by atoms with Gasteiger partial charge in [0.1, 0.15) is 5.75 Å². The Bertz CT molecular complexity index is 1240. The molecular weight excluding hydrogens is 495 g/mol. The van der Waals surface area contributed by atoms with Gasteiger partial charge in [0.25, 0.3) is 0 Å². The maximum atomic E-state index is 12.8. The first-order valence-corrected chi connectivity index (χ1v) is 12.2. The maximum Gasteiger partial charge on any atom is 0.416 e. The second-order valence-corrected chi connectivity index (χ2v) is 8.55. The summed E-state index contributed by atoms with van der Waals surface area (Å²) in [4.78, 5) is 27.4. The molecule has 38 heavy (non-hydrogen) atoms. The van der Waals surface area contributed by atoms with E-state index in [0.29, 0.717) is 12.2 Å². The number of halogens is 3. The number of carbonyl (C=O) groups is 2. The van der Waals surface area contributed by atoms with Crippen molar-refractivity contribution in [2.45, 2.75) is 45.5 Å². The van der Waals surface area contributed by atoms with Gasteiger partial charge in [-0.05, 0) is 66.1 Å². The van der Waals surface area contributed by atoms with Crippen molar-refractivity contribution >= 4 is 12.3 Å². The molecule has 0 unspecified atom stereocenters. The van der Waals surface area contributed by atoms with E-state index in [0.717, 1.165) is 53.8 Å². The third kappa shape index (κ3) is 9.41. The Morgan fingerprint density at radius 3 is 1.87 bits per heavy atom. The van der Waals surface area contributed by atoms with E-state index < -0.39 is 17.7 Å². The quantitative estimate of drug-likeness (QED) is 0.0966.